The maximum atomic E-state index is 12.9. The SMILES string of the molecule is COc1cccc(Cn2c(C(=O)NCCN3CCOCC3)cc3sccc32)c1. The molecule has 1 aromatic carbocycles. The zero-order valence-corrected chi connectivity index (χ0v) is 16.8. The molecule has 0 unspecified atom stereocenters. The van der Waals surface area contributed by atoms with Gasteiger partial charge in [-0.2, -0.15) is 0 Å². The molecule has 1 saturated heterocycles. The predicted octanol–water partition coefficient (Wildman–Crippen LogP) is 2.82. The van der Waals surface area contributed by atoms with Gasteiger partial charge >= 0.3 is 0 Å². The summed E-state index contributed by atoms with van der Waals surface area (Å²) >= 11 is 1.66. The molecule has 7 heteroatoms. The van der Waals surface area contributed by atoms with Crippen LogP contribution in [-0.2, 0) is 11.3 Å². The van der Waals surface area contributed by atoms with Crippen LogP contribution in [0.25, 0.3) is 10.2 Å². The van der Waals surface area contributed by atoms with E-state index in [4.69, 9.17) is 9.47 Å². The van der Waals surface area contributed by atoms with Gasteiger partial charge in [0.05, 0.1) is 30.5 Å². The highest BCUT2D eigenvalue weighted by atomic mass is 32.1. The van der Waals surface area contributed by atoms with Crippen LogP contribution >= 0.6 is 11.3 Å². The Morgan fingerprint density at radius 2 is 2.11 bits per heavy atom. The van der Waals surface area contributed by atoms with Crippen molar-refractivity contribution in [1.82, 2.24) is 14.8 Å². The molecule has 0 spiro atoms. The molecule has 1 fully saturated rings. The van der Waals surface area contributed by atoms with Crippen molar-refractivity contribution in [3.63, 3.8) is 0 Å². The first-order valence-corrected chi connectivity index (χ1v) is 10.4. The van der Waals surface area contributed by atoms with Crippen LogP contribution in [0.15, 0.2) is 41.8 Å². The highest BCUT2D eigenvalue weighted by molar-refractivity contribution is 7.17. The fraction of sp³-hybridized carbons (Fsp3) is 0.381. The van der Waals surface area contributed by atoms with E-state index in [9.17, 15) is 4.79 Å². The number of ether oxygens (including phenoxy) is 2. The van der Waals surface area contributed by atoms with Crippen molar-refractivity contribution in [2.24, 2.45) is 0 Å². The number of morpholine rings is 1. The topological polar surface area (TPSA) is 55.7 Å². The second-order valence-corrected chi connectivity index (χ2v) is 7.79. The van der Waals surface area contributed by atoms with Crippen molar-refractivity contribution in [1.29, 1.82) is 0 Å². The molecular formula is C21H25N3O3S. The van der Waals surface area contributed by atoms with E-state index in [0.29, 0.717) is 18.8 Å². The largest absolute Gasteiger partial charge is 0.497 e. The third-order valence-corrected chi connectivity index (χ3v) is 5.90. The van der Waals surface area contributed by atoms with E-state index in [2.05, 4.69) is 32.3 Å². The summed E-state index contributed by atoms with van der Waals surface area (Å²) in [5.41, 5.74) is 2.89. The molecule has 0 saturated carbocycles. The summed E-state index contributed by atoms with van der Waals surface area (Å²) in [5.74, 6) is 0.794. The van der Waals surface area contributed by atoms with Crippen LogP contribution in [0.1, 0.15) is 16.1 Å². The first kappa shape index (κ1) is 19.0. The van der Waals surface area contributed by atoms with Crippen molar-refractivity contribution >= 4 is 27.5 Å². The monoisotopic (exact) mass is 399 g/mol. The number of benzene rings is 1. The summed E-state index contributed by atoms with van der Waals surface area (Å²) in [6.45, 7) is 5.51. The Bertz CT molecular complexity index is 943. The summed E-state index contributed by atoms with van der Waals surface area (Å²) < 4.78 is 13.9. The number of fused-ring (bicyclic) bond motifs is 1. The lowest BCUT2D eigenvalue weighted by Crippen LogP contribution is -2.41. The van der Waals surface area contributed by atoms with Gasteiger partial charge in [-0.1, -0.05) is 12.1 Å². The van der Waals surface area contributed by atoms with E-state index in [0.717, 1.165) is 54.4 Å². The lowest BCUT2D eigenvalue weighted by Gasteiger charge is -2.26. The number of nitrogens with zero attached hydrogens (tertiary/aromatic N) is 2. The molecule has 28 heavy (non-hydrogen) atoms. The number of methoxy groups -OCH3 is 1. The molecular weight excluding hydrogens is 374 g/mol. The van der Waals surface area contributed by atoms with Crippen molar-refractivity contribution in [2.45, 2.75) is 6.54 Å². The lowest BCUT2D eigenvalue weighted by molar-refractivity contribution is 0.0383. The summed E-state index contributed by atoms with van der Waals surface area (Å²) in [6, 6.07) is 12.0. The Kier molecular flexibility index (Phi) is 5.95. The molecule has 6 nitrogen and oxygen atoms in total. The number of amides is 1. The Balaban J connectivity index is 1.49. The van der Waals surface area contributed by atoms with Crippen LogP contribution in [0.4, 0.5) is 0 Å². The van der Waals surface area contributed by atoms with Crippen molar-refractivity contribution < 1.29 is 14.3 Å². The fourth-order valence-electron chi connectivity index (χ4n) is 3.53. The highest BCUT2D eigenvalue weighted by Gasteiger charge is 2.17. The molecule has 148 valence electrons. The number of carbonyl (C=O) groups is 1. The number of thiophene rings is 1. The summed E-state index contributed by atoms with van der Waals surface area (Å²) in [6.07, 6.45) is 0. The van der Waals surface area contributed by atoms with Gasteiger partial charge in [0.1, 0.15) is 11.4 Å². The van der Waals surface area contributed by atoms with E-state index >= 15 is 0 Å². The number of aromatic nitrogens is 1. The normalized spacial score (nSPS) is 15.0. The van der Waals surface area contributed by atoms with E-state index in [1.807, 2.05) is 24.3 Å². The van der Waals surface area contributed by atoms with Gasteiger partial charge in [0.2, 0.25) is 0 Å². The second-order valence-electron chi connectivity index (χ2n) is 6.85. The standard InChI is InChI=1S/C21H25N3O3S/c1-26-17-4-2-3-16(13-17)15-24-18-5-12-28-20(18)14-19(24)21(25)22-6-7-23-8-10-27-11-9-23/h2-5,12-14H,6-11,15H2,1H3,(H,22,25). The Morgan fingerprint density at radius 3 is 2.93 bits per heavy atom. The zero-order valence-electron chi connectivity index (χ0n) is 16.0. The first-order chi connectivity index (χ1) is 13.7. The first-order valence-electron chi connectivity index (χ1n) is 9.52. The van der Waals surface area contributed by atoms with Gasteiger partial charge in [-0.3, -0.25) is 9.69 Å². The third kappa shape index (κ3) is 4.22. The van der Waals surface area contributed by atoms with Gasteiger partial charge in [0.25, 0.3) is 5.91 Å². The molecule has 1 aliphatic heterocycles. The van der Waals surface area contributed by atoms with Crippen LogP contribution in [0.2, 0.25) is 0 Å². The summed E-state index contributed by atoms with van der Waals surface area (Å²) in [5, 5.41) is 5.15. The maximum absolute atomic E-state index is 12.9. The van der Waals surface area contributed by atoms with Crippen molar-refractivity contribution in [3.05, 3.63) is 53.0 Å². The van der Waals surface area contributed by atoms with E-state index in [-0.39, 0.29) is 5.91 Å². The van der Waals surface area contributed by atoms with Crippen LogP contribution in [-0.4, -0.2) is 61.9 Å². The van der Waals surface area contributed by atoms with Gasteiger partial charge in [0, 0.05) is 32.7 Å². The average molecular weight is 400 g/mol. The molecule has 0 radical (unpaired) electrons. The lowest BCUT2D eigenvalue weighted by atomic mass is 10.2. The molecule has 0 bridgehead atoms. The molecule has 1 N–H and O–H groups in total. The zero-order chi connectivity index (χ0) is 19.3. The fourth-order valence-corrected chi connectivity index (χ4v) is 4.35. The van der Waals surface area contributed by atoms with Crippen molar-refractivity contribution in [3.8, 4) is 5.75 Å². The van der Waals surface area contributed by atoms with Crippen LogP contribution in [0.3, 0.4) is 0 Å². The number of carbonyl (C=O) groups excluding carboxylic acids is 1. The predicted molar refractivity (Wildman–Crippen MR) is 112 cm³/mol. The highest BCUT2D eigenvalue weighted by Crippen LogP contribution is 2.27. The average Bonchev–Trinajstić information content (AvgIpc) is 3.32. The minimum Gasteiger partial charge on any atom is -0.497 e. The quantitative estimate of drug-likeness (QED) is 0.664. The Labute approximate surface area is 168 Å². The van der Waals surface area contributed by atoms with Crippen LogP contribution in [0, 0.1) is 0 Å². The van der Waals surface area contributed by atoms with Gasteiger partial charge in [-0.15, -0.1) is 11.3 Å². The maximum Gasteiger partial charge on any atom is 0.268 e. The molecule has 0 aliphatic carbocycles. The molecule has 3 aromatic rings. The molecule has 0 atom stereocenters. The minimum atomic E-state index is -0.0282. The number of rotatable bonds is 7. The molecule has 1 amide bonds. The van der Waals surface area contributed by atoms with E-state index < -0.39 is 0 Å². The molecule has 1 aliphatic rings. The molecule has 2 aromatic heterocycles. The summed E-state index contributed by atoms with van der Waals surface area (Å²) in [7, 11) is 1.67. The number of hydrogen-bond acceptors (Lipinski definition) is 5. The van der Waals surface area contributed by atoms with Crippen LogP contribution < -0.4 is 10.1 Å². The Morgan fingerprint density at radius 1 is 1.25 bits per heavy atom. The second kappa shape index (κ2) is 8.77. The van der Waals surface area contributed by atoms with Crippen LogP contribution in [0.5, 0.6) is 5.75 Å². The van der Waals surface area contributed by atoms with E-state index in [1.165, 1.54) is 0 Å². The third-order valence-electron chi connectivity index (χ3n) is 5.05. The van der Waals surface area contributed by atoms with Crippen molar-refractivity contribution in [2.75, 3.05) is 46.5 Å². The minimum absolute atomic E-state index is 0.0282. The van der Waals surface area contributed by atoms with Gasteiger partial charge in [-0.25, -0.2) is 0 Å². The smallest absolute Gasteiger partial charge is 0.268 e. The van der Waals surface area contributed by atoms with Gasteiger partial charge in [-0.05, 0) is 35.2 Å². The number of hydrogen-bond donors (Lipinski definition) is 1. The molecule has 3 heterocycles. The number of nitrogens with one attached hydrogen (secondary N) is 1. The van der Waals surface area contributed by atoms with E-state index in [1.54, 1.807) is 18.4 Å². The molecule has 4 rings (SSSR count). The Hall–Kier alpha value is -2.35. The summed E-state index contributed by atoms with van der Waals surface area (Å²) in [4.78, 5) is 15.2. The van der Waals surface area contributed by atoms with Gasteiger partial charge < -0.3 is 19.4 Å². The van der Waals surface area contributed by atoms with Gasteiger partial charge in [0.15, 0.2) is 0 Å².